The molecule has 120 valence electrons. The minimum absolute atomic E-state index is 0.348. The topological polar surface area (TPSA) is 67.1 Å². The van der Waals surface area contributed by atoms with Crippen LogP contribution in [-0.2, 0) is 0 Å². The summed E-state index contributed by atoms with van der Waals surface area (Å²) in [5.41, 5.74) is 7.33. The lowest BCUT2D eigenvalue weighted by molar-refractivity contribution is 0.632. The second-order valence-corrected chi connectivity index (χ2v) is 6.63. The molecule has 2 heterocycles. The van der Waals surface area contributed by atoms with Gasteiger partial charge in [0.1, 0.15) is 11.6 Å². The van der Waals surface area contributed by atoms with E-state index in [0.717, 1.165) is 24.6 Å². The molecule has 23 heavy (non-hydrogen) atoms. The zero-order valence-electron chi connectivity index (χ0n) is 13.4. The number of nitrogens with two attached hydrogens (primary N) is 1. The van der Waals surface area contributed by atoms with Gasteiger partial charge in [-0.1, -0.05) is 30.3 Å². The van der Waals surface area contributed by atoms with Gasteiger partial charge in [-0.25, -0.2) is 0 Å². The normalized spacial score (nSPS) is 24.0. The van der Waals surface area contributed by atoms with E-state index in [1.807, 2.05) is 6.07 Å². The molecule has 5 heteroatoms. The van der Waals surface area contributed by atoms with Crippen molar-refractivity contribution in [2.75, 3.05) is 22.5 Å². The average molecular weight is 309 g/mol. The van der Waals surface area contributed by atoms with Gasteiger partial charge in [0.05, 0.1) is 0 Å². The van der Waals surface area contributed by atoms with Crippen LogP contribution >= 0.6 is 0 Å². The Hall–Kier alpha value is -2.30. The molecule has 2 atom stereocenters. The van der Waals surface area contributed by atoms with Crippen molar-refractivity contribution in [3.63, 3.8) is 0 Å². The lowest BCUT2D eigenvalue weighted by Crippen LogP contribution is -2.30. The van der Waals surface area contributed by atoms with Crippen molar-refractivity contribution in [3.05, 3.63) is 42.0 Å². The molecule has 2 aliphatic rings. The first-order chi connectivity index (χ1) is 11.2. The molecule has 5 nitrogen and oxygen atoms in total. The molecule has 4 rings (SSSR count). The van der Waals surface area contributed by atoms with Gasteiger partial charge in [0, 0.05) is 30.6 Å². The molecule has 2 fully saturated rings. The van der Waals surface area contributed by atoms with E-state index in [0.29, 0.717) is 23.9 Å². The lowest BCUT2D eigenvalue weighted by atomic mass is 9.93. The number of hydrogen-bond donors (Lipinski definition) is 2. The van der Waals surface area contributed by atoms with Crippen molar-refractivity contribution in [3.8, 4) is 0 Å². The standard InChI is InChI=1S/C18H23N5/c1-12-15(13-5-3-2-4-6-13)9-10-23(12)17-11-16(20-14-7-8-14)21-18(19)22-17/h2-6,11-12,14-15H,7-10H2,1H3,(H3,19,20,21,22). The largest absolute Gasteiger partial charge is 0.368 e. The van der Waals surface area contributed by atoms with E-state index in [1.54, 1.807) is 0 Å². The van der Waals surface area contributed by atoms with Crippen LogP contribution in [0.25, 0.3) is 0 Å². The minimum Gasteiger partial charge on any atom is -0.368 e. The van der Waals surface area contributed by atoms with E-state index in [9.17, 15) is 0 Å². The van der Waals surface area contributed by atoms with E-state index in [1.165, 1.54) is 18.4 Å². The molecule has 1 aliphatic carbocycles. The number of aromatic nitrogens is 2. The Kier molecular flexibility index (Phi) is 3.56. The Balaban J connectivity index is 1.57. The van der Waals surface area contributed by atoms with Crippen molar-refractivity contribution in [2.45, 2.75) is 44.2 Å². The summed E-state index contributed by atoms with van der Waals surface area (Å²) in [6, 6.07) is 13.7. The third-order valence-electron chi connectivity index (χ3n) is 4.94. The van der Waals surface area contributed by atoms with Gasteiger partial charge in [-0.05, 0) is 31.7 Å². The Morgan fingerprint density at radius 1 is 1.13 bits per heavy atom. The van der Waals surface area contributed by atoms with E-state index in [-0.39, 0.29) is 0 Å². The van der Waals surface area contributed by atoms with Crippen molar-refractivity contribution in [1.29, 1.82) is 0 Å². The SMILES string of the molecule is CC1C(c2ccccc2)CCN1c1cc(NC2CC2)nc(N)n1. The van der Waals surface area contributed by atoms with E-state index >= 15 is 0 Å². The first-order valence-electron chi connectivity index (χ1n) is 8.43. The number of rotatable bonds is 4. The maximum Gasteiger partial charge on any atom is 0.223 e. The van der Waals surface area contributed by atoms with Crippen molar-refractivity contribution < 1.29 is 0 Å². The highest BCUT2D eigenvalue weighted by molar-refractivity contribution is 5.55. The predicted molar refractivity (Wildman–Crippen MR) is 93.7 cm³/mol. The van der Waals surface area contributed by atoms with Gasteiger partial charge in [0.2, 0.25) is 5.95 Å². The Bertz CT molecular complexity index is 683. The number of nitrogens with one attached hydrogen (secondary N) is 1. The molecule has 0 spiro atoms. The third-order valence-corrected chi connectivity index (χ3v) is 4.94. The summed E-state index contributed by atoms with van der Waals surface area (Å²) < 4.78 is 0. The quantitative estimate of drug-likeness (QED) is 0.908. The van der Waals surface area contributed by atoms with E-state index in [2.05, 4.69) is 57.4 Å². The number of hydrogen-bond acceptors (Lipinski definition) is 5. The molecule has 1 saturated carbocycles. The van der Waals surface area contributed by atoms with Gasteiger partial charge >= 0.3 is 0 Å². The second-order valence-electron chi connectivity index (χ2n) is 6.63. The van der Waals surface area contributed by atoms with Gasteiger partial charge < -0.3 is 16.0 Å². The van der Waals surface area contributed by atoms with Crippen LogP contribution in [0.3, 0.4) is 0 Å². The van der Waals surface area contributed by atoms with Gasteiger partial charge in [0.25, 0.3) is 0 Å². The fraction of sp³-hybridized carbons (Fsp3) is 0.444. The summed E-state index contributed by atoms with van der Waals surface area (Å²) >= 11 is 0. The zero-order chi connectivity index (χ0) is 15.8. The molecule has 2 unspecified atom stereocenters. The molecule has 3 N–H and O–H groups in total. The summed E-state index contributed by atoms with van der Waals surface area (Å²) in [7, 11) is 0. The van der Waals surface area contributed by atoms with Crippen molar-refractivity contribution in [1.82, 2.24) is 9.97 Å². The Morgan fingerprint density at radius 3 is 2.65 bits per heavy atom. The van der Waals surface area contributed by atoms with Gasteiger partial charge in [-0.2, -0.15) is 9.97 Å². The van der Waals surface area contributed by atoms with Crippen LogP contribution < -0.4 is 16.0 Å². The maximum absolute atomic E-state index is 5.93. The van der Waals surface area contributed by atoms with Crippen LogP contribution in [0.1, 0.15) is 37.7 Å². The average Bonchev–Trinajstić information content (AvgIpc) is 3.27. The van der Waals surface area contributed by atoms with Crippen LogP contribution in [0.15, 0.2) is 36.4 Å². The molecular weight excluding hydrogens is 286 g/mol. The van der Waals surface area contributed by atoms with Crippen molar-refractivity contribution in [2.24, 2.45) is 0 Å². The van der Waals surface area contributed by atoms with Gasteiger partial charge in [-0.3, -0.25) is 0 Å². The first-order valence-corrected chi connectivity index (χ1v) is 8.43. The molecule has 1 saturated heterocycles. The van der Waals surface area contributed by atoms with Gasteiger partial charge in [-0.15, -0.1) is 0 Å². The Morgan fingerprint density at radius 2 is 1.91 bits per heavy atom. The van der Waals surface area contributed by atoms with E-state index in [4.69, 9.17) is 5.73 Å². The summed E-state index contributed by atoms with van der Waals surface area (Å²) in [6.07, 6.45) is 3.57. The first kappa shape index (κ1) is 14.3. The molecule has 1 aliphatic heterocycles. The lowest BCUT2D eigenvalue weighted by Gasteiger charge is -2.26. The molecule has 0 bridgehead atoms. The number of benzene rings is 1. The highest BCUT2D eigenvalue weighted by Crippen LogP contribution is 2.36. The summed E-state index contributed by atoms with van der Waals surface area (Å²) in [4.78, 5) is 11.1. The smallest absolute Gasteiger partial charge is 0.223 e. The third kappa shape index (κ3) is 2.96. The molecule has 1 aromatic heterocycles. The van der Waals surface area contributed by atoms with Crippen molar-refractivity contribution >= 4 is 17.6 Å². The number of anilines is 3. The Labute approximate surface area is 136 Å². The highest BCUT2D eigenvalue weighted by atomic mass is 15.3. The molecular formula is C18H23N5. The summed E-state index contributed by atoms with van der Waals surface area (Å²) in [6.45, 7) is 3.27. The fourth-order valence-corrected chi connectivity index (χ4v) is 3.52. The second kappa shape index (κ2) is 5.72. The van der Waals surface area contributed by atoms with Gasteiger partial charge in [0.15, 0.2) is 0 Å². The van der Waals surface area contributed by atoms with Crippen LogP contribution in [0.4, 0.5) is 17.6 Å². The van der Waals surface area contributed by atoms with Crippen LogP contribution in [0.2, 0.25) is 0 Å². The molecule has 0 amide bonds. The monoisotopic (exact) mass is 309 g/mol. The van der Waals surface area contributed by atoms with Crippen LogP contribution in [0, 0.1) is 0 Å². The summed E-state index contributed by atoms with van der Waals surface area (Å²) in [5.74, 6) is 2.67. The highest BCUT2D eigenvalue weighted by Gasteiger charge is 2.33. The number of nitrogens with zero attached hydrogens (tertiary/aromatic N) is 3. The van der Waals surface area contributed by atoms with Crippen LogP contribution in [0.5, 0.6) is 0 Å². The summed E-state index contributed by atoms with van der Waals surface area (Å²) in [5, 5.41) is 3.42. The number of nitrogen functional groups attached to an aromatic ring is 1. The molecule has 0 radical (unpaired) electrons. The zero-order valence-corrected chi connectivity index (χ0v) is 13.4. The minimum atomic E-state index is 0.348. The fourth-order valence-electron chi connectivity index (χ4n) is 3.52. The molecule has 2 aromatic rings. The maximum atomic E-state index is 5.93. The van der Waals surface area contributed by atoms with E-state index < -0.39 is 0 Å². The van der Waals surface area contributed by atoms with Crippen LogP contribution in [-0.4, -0.2) is 28.6 Å². The molecule has 1 aromatic carbocycles. The predicted octanol–water partition coefficient (Wildman–Crippen LogP) is 3.02.